The van der Waals surface area contributed by atoms with E-state index >= 15 is 0 Å². The van der Waals surface area contributed by atoms with Crippen LogP contribution in [0.2, 0.25) is 0 Å². The first-order valence-electron chi connectivity index (χ1n) is 8.74. The van der Waals surface area contributed by atoms with Crippen molar-refractivity contribution in [3.63, 3.8) is 0 Å². The van der Waals surface area contributed by atoms with Crippen molar-refractivity contribution in [1.29, 1.82) is 0 Å². The third-order valence-corrected chi connectivity index (χ3v) is 6.57. The van der Waals surface area contributed by atoms with Crippen LogP contribution in [0.3, 0.4) is 0 Å². The number of hydrogen-bond donors (Lipinski definition) is 3. The molecule has 0 spiro atoms. The largest absolute Gasteiger partial charge is 0.504 e. The molecule has 0 saturated carbocycles. The van der Waals surface area contributed by atoms with Crippen LogP contribution in [0.1, 0.15) is 18.7 Å². The number of anilines is 1. The lowest BCUT2D eigenvalue weighted by Gasteiger charge is -2.23. The zero-order valence-electron chi connectivity index (χ0n) is 15.5. The van der Waals surface area contributed by atoms with E-state index in [4.69, 9.17) is 9.84 Å². The molecule has 3 aromatic rings. The number of fused-ring (bicyclic) bond motifs is 3. The number of aromatic amines is 1. The van der Waals surface area contributed by atoms with Crippen LogP contribution >= 0.6 is 50.3 Å². The predicted octanol–water partition coefficient (Wildman–Crippen LogP) is 3.89. The summed E-state index contributed by atoms with van der Waals surface area (Å²) in [6.07, 6.45) is -0.444. The Morgan fingerprint density at radius 1 is 1.38 bits per heavy atom. The van der Waals surface area contributed by atoms with Crippen LogP contribution in [0.15, 0.2) is 44.8 Å². The molecule has 0 bridgehead atoms. The highest BCUT2D eigenvalue weighted by Gasteiger charge is 2.38. The number of ether oxygens (including phenoxy) is 1. The van der Waals surface area contributed by atoms with Gasteiger partial charge in [0, 0.05) is 15.1 Å². The highest BCUT2D eigenvalue weighted by atomic mass is 127. The number of phenols is 1. The van der Waals surface area contributed by atoms with Gasteiger partial charge in [0.25, 0.3) is 6.17 Å². The van der Waals surface area contributed by atoms with Crippen molar-refractivity contribution >= 4 is 56.0 Å². The fraction of sp³-hybridized carbons (Fsp3) is 0.211. The van der Waals surface area contributed by atoms with Crippen molar-refractivity contribution in [1.82, 2.24) is 10.1 Å². The Balaban J connectivity index is 1.98. The van der Waals surface area contributed by atoms with Gasteiger partial charge in [0.2, 0.25) is 5.16 Å². The number of methoxy groups -OCH3 is 1. The summed E-state index contributed by atoms with van der Waals surface area (Å²) < 4.78 is 8.55. The molecule has 1 aliphatic heterocycles. The molecule has 7 nitrogen and oxygen atoms in total. The smallest absolute Gasteiger partial charge is 0.325 e. The summed E-state index contributed by atoms with van der Waals surface area (Å²) in [6.45, 7) is 2.00. The lowest BCUT2D eigenvalue weighted by molar-refractivity contribution is -0.759. The number of aromatic nitrogens is 3. The highest BCUT2D eigenvalue weighted by Crippen LogP contribution is 2.38. The second kappa shape index (κ2) is 8.15. The molecule has 0 aliphatic carbocycles. The van der Waals surface area contributed by atoms with Gasteiger partial charge in [0.1, 0.15) is 0 Å². The Kier molecular flexibility index (Phi) is 5.76. The van der Waals surface area contributed by atoms with E-state index < -0.39 is 6.17 Å². The Hall–Kier alpha value is -1.79. The second-order valence-electron chi connectivity index (χ2n) is 6.28. The monoisotopic (exact) mass is 587 g/mol. The van der Waals surface area contributed by atoms with Crippen molar-refractivity contribution in [2.45, 2.75) is 18.2 Å². The van der Waals surface area contributed by atoms with Crippen molar-refractivity contribution < 1.29 is 14.5 Å². The number of benzene rings is 2. The van der Waals surface area contributed by atoms with Gasteiger partial charge in [-0.3, -0.25) is 9.78 Å². The minimum atomic E-state index is -0.444. The van der Waals surface area contributed by atoms with Gasteiger partial charge in [-0.15, -0.1) is 0 Å². The minimum Gasteiger partial charge on any atom is -0.504 e. The SMILES string of the molecule is CCSc1n[n+]2c(c(=O)[nH]1)-c1cc(Br)ccc1N[C@@H]2c1cc(I)c(O)c(OC)c1. The summed E-state index contributed by atoms with van der Waals surface area (Å²) in [4.78, 5) is 15.9. The van der Waals surface area contributed by atoms with E-state index in [-0.39, 0.29) is 11.3 Å². The van der Waals surface area contributed by atoms with E-state index in [1.165, 1.54) is 18.9 Å². The van der Waals surface area contributed by atoms with Gasteiger partial charge in [-0.2, -0.15) is 0 Å². The van der Waals surface area contributed by atoms with E-state index in [1.807, 2.05) is 31.2 Å². The normalized spacial score (nSPS) is 14.7. The van der Waals surface area contributed by atoms with E-state index in [2.05, 4.69) is 48.8 Å². The molecular weight excluding hydrogens is 571 g/mol. The van der Waals surface area contributed by atoms with E-state index in [1.54, 1.807) is 10.7 Å². The molecule has 150 valence electrons. The van der Waals surface area contributed by atoms with Crippen LogP contribution in [0.25, 0.3) is 11.3 Å². The number of thioether (sulfide) groups is 1. The first kappa shape index (κ1) is 20.5. The molecule has 0 saturated heterocycles. The molecule has 29 heavy (non-hydrogen) atoms. The molecule has 2 heterocycles. The minimum absolute atomic E-state index is 0.0864. The molecule has 2 aromatic carbocycles. The van der Waals surface area contributed by atoms with Gasteiger partial charge >= 0.3 is 11.3 Å². The van der Waals surface area contributed by atoms with Crippen molar-refractivity contribution in [3.05, 3.63) is 54.3 Å². The van der Waals surface area contributed by atoms with Gasteiger partial charge in [0.15, 0.2) is 11.5 Å². The van der Waals surface area contributed by atoms with E-state index in [0.29, 0.717) is 20.2 Å². The Bertz CT molecular complexity index is 1170. The summed E-state index contributed by atoms with van der Waals surface area (Å²) in [7, 11) is 1.51. The third-order valence-electron chi connectivity index (χ3n) is 4.50. The Labute approximate surface area is 193 Å². The number of phenolic OH excluding ortho intramolecular Hbond substituents is 1. The quantitative estimate of drug-likeness (QED) is 0.244. The summed E-state index contributed by atoms with van der Waals surface area (Å²) in [5.74, 6) is 1.24. The lowest BCUT2D eigenvalue weighted by atomic mass is 10.0. The van der Waals surface area contributed by atoms with E-state index in [0.717, 1.165) is 27.0 Å². The zero-order valence-corrected chi connectivity index (χ0v) is 20.1. The van der Waals surface area contributed by atoms with Crippen molar-refractivity contribution in [2.24, 2.45) is 0 Å². The van der Waals surface area contributed by atoms with Crippen LogP contribution in [0.5, 0.6) is 11.5 Å². The van der Waals surface area contributed by atoms with Crippen molar-refractivity contribution in [2.75, 3.05) is 18.2 Å². The summed E-state index contributed by atoms with van der Waals surface area (Å²) in [6, 6.07) is 9.35. The Morgan fingerprint density at radius 2 is 2.17 bits per heavy atom. The molecular formula is C19H17BrIN4O3S+. The van der Waals surface area contributed by atoms with Crippen LogP contribution in [-0.4, -0.2) is 28.1 Å². The standard InChI is InChI=1S/C19H16BrIN4O3S/c1-3-29-19-23-18(27)15-11-8-10(20)4-5-13(11)22-17(25(15)24-19)9-6-12(21)16(26)14(7-9)28-2/h4-8,17H,3H2,1-2H3,(H2,23,24,26,27)/p+1/t17-/m0/s1. The van der Waals surface area contributed by atoms with E-state index in [9.17, 15) is 9.90 Å². The average molecular weight is 588 g/mol. The molecule has 4 rings (SSSR count). The number of halogens is 2. The summed E-state index contributed by atoms with van der Waals surface area (Å²) >= 11 is 7.01. The first-order valence-corrected chi connectivity index (χ1v) is 11.6. The van der Waals surface area contributed by atoms with Gasteiger partial charge < -0.3 is 15.2 Å². The fourth-order valence-electron chi connectivity index (χ4n) is 3.25. The number of hydrogen-bond acceptors (Lipinski definition) is 6. The van der Waals surface area contributed by atoms with Crippen LogP contribution in [0, 0.1) is 3.57 Å². The molecule has 10 heteroatoms. The maximum absolute atomic E-state index is 13.0. The number of H-pyrrole nitrogens is 1. The maximum Gasteiger partial charge on any atom is 0.325 e. The third kappa shape index (κ3) is 3.73. The molecule has 0 amide bonds. The number of aromatic hydroxyl groups is 1. The van der Waals surface area contributed by atoms with Gasteiger partial charge in [-0.1, -0.05) is 34.6 Å². The molecule has 3 N–H and O–H groups in total. The predicted molar refractivity (Wildman–Crippen MR) is 124 cm³/mol. The zero-order chi connectivity index (χ0) is 20.7. The lowest BCUT2D eigenvalue weighted by Crippen LogP contribution is -2.55. The average Bonchev–Trinajstić information content (AvgIpc) is 2.69. The topological polar surface area (TPSA) is 91.1 Å². The van der Waals surface area contributed by atoms with Crippen molar-refractivity contribution in [3.8, 4) is 22.8 Å². The molecule has 1 atom stereocenters. The highest BCUT2D eigenvalue weighted by molar-refractivity contribution is 14.1. The second-order valence-corrected chi connectivity index (χ2v) is 9.61. The number of nitrogens with one attached hydrogen (secondary N) is 2. The molecule has 0 radical (unpaired) electrons. The first-order chi connectivity index (χ1) is 13.9. The molecule has 0 fully saturated rings. The summed E-state index contributed by atoms with van der Waals surface area (Å²) in [5, 5.41) is 18.9. The maximum atomic E-state index is 13.0. The number of rotatable bonds is 4. The number of nitrogens with zero attached hydrogens (tertiary/aromatic N) is 2. The van der Waals surface area contributed by atoms with Crippen LogP contribution in [-0.2, 0) is 0 Å². The molecule has 1 aromatic heterocycles. The Morgan fingerprint density at radius 3 is 2.90 bits per heavy atom. The van der Waals surface area contributed by atoms with Gasteiger partial charge in [0.05, 0.1) is 21.9 Å². The van der Waals surface area contributed by atoms with Crippen LogP contribution in [0.4, 0.5) is 5.69 Å². The molecule has 1 aliphatic rings. The summed E-state index contributed by atoms with van der Waals surface area (Å²) in [5.41, 5.74) is 2.66. The van der Waals surface area contributed by atoms with Gasteiger partial charge in [-0.25, -0.2) is 0 Å². The van der Waals surface area contributed by atoms with Crippen LogP contribution < -0.4 is 20.3 Å². The fourth-order valence-corrected chi connectivity index (χ4v) is 4.82. The van der Waals surface area contributed by atoms with Gasteiger partial charge in [-0.05, 0) is 63.4 Å². The molecule has 0 unspecified atom stereocenters.